The van der Waals surface area contributed by atoms with Crippen molar-refractivity contribution >= 4 is 33.4 Å². The molecule has 18 heavy (non-hydrogen) atoms. The van der Waals surface area contributed by atoms with E-state index in [1.165, 1.54) is 12.3 Å². The third-order valence-corrected chi connectivity index (χ3v) is 3.55. The summed E-state index contributed by atoms with van der Waals surface area (Å²) in [5.74, 6) is 0.0285. The average Bonchev–Trinajstić information content (AvgIpc) is 2.32. The molecule has 7 nitrogen and oxygen atoms in total. The summed E-state index contributed by atoms with van der Waals surface area (Å²) in [6.07, 6.45) is 3.62. The number of nitrogens with zero attached hydrogens (tertiary/aromatic N) is 3. The number of nitrogens with one attached hydrogen (secondary N) is 1. The first-order chi connectivity index (χ1) is 8.49. The minimum absolute atomic E-state index is 0.00943. The fourth-order valence-corrected chi connectivity index (χ4v) is 2.25. The Kier molecular flexibility index (Phi) is 3.30. The Morgan fingerprint density at radius 2 is 1.89 bits per heavy atom. The second-order valence-electron chi connectivity index (χ2n) is 3.22. The van der Waals surface area contributed by atoms with Crippen LogP contribution in [0.25, 0.3) is 0 Å². The van der Waals surface area contributed by atoms with Crippen LogP contribution in [0.15, 0.2) is 35.6 Å². The number of hydrogen-bond donors (Lipinski definition) is 2. The molecule has 2 aromatic heterocycles. The van der Waals surface area contributed by atoms with E-state index in [-0.39, 0.29) is 21.7 Å². The first-order valence-corrected chi connectivity index (χ1v) is 6.56. The molecule has 0 aromatic carbocycles. The zero-order valence-corrected chi connectivity index (χ0v) is 10.5. The molecule has 0 atom stereocenters. The van der Waals surface area contributed by atoms with Crippen molar-refractivity contribution in [3.63, 3.8) is 0 Å². The molecule has 0 unspecified atom stereocenters. The van der Waals surface area contributed by atoms with Gasteiger partial charge >= 0.3 is 0 Å². The summed E-state index contributed by atoms with van der Waals surface area (Å²) in [5, 5.41) is 0.192. The van der Waals surface area contributed by atoms with Gasteiger partial charge < -0.3 is 5.73 Å². The predicted molar refractivity (Wildman–Crippen MR) is 66.5 cm³/mol. The van der Waals surface area contributed by atoms with Gasteiger partial charge in [-0.2, -0.15) is 0 Å². The molecule has 0 spiro atoms. The van der Waals surface area contributed by atoms with Gasteiger partial charge in [0.05, 0.1) is 17.4 Å². The van der Waals surface area contributed by atoms with Crippen molar-refractivity contribution in [1.29, 1.82) is 0 Å². The van der Waals surface area contributed by atoms with Gasteiger partial charge in [0.15, 0.2) is 5.82 Å². The quantitative estimate of drug-likeness (QED) is 0.867. The van der Waals surface area contributed by atoms with Crippen molar-refractivity contribution in [2.45, 2.75) is 4.90 Å². The van der Waals surface area contributed by atoms with E-state index in [2.05, 4.69) is 19.7 Å². The summed E-state index contributed by atoms with van der Waals surface area (Å²) < 4.78 is 26.1. The van der Waals surface area contributed by atoms with Crippen molar-refractivity contribution in [1.82, 2.24) is 15.0 Å². The first-order valence-electron chi connectivity index (χ1n) is 4.70. The Morgan fingerprint density at radius 1 is 1.22 bits per heavy atom. The third-order valence-electron chi connectivity index (χ3n) is 1.95. The summed E-state index contributed by atoms with van der Waals surface area (Å²) in [7, 11) is -3.83. The monoisotopic (exact) mass is 285 g/mol. The molecule has 2 heterocycles. The summed E-state index contributed by atoms with van der Waals surface area (Å²) in [6.45, 7) is 0. The molecule has 9 heteroatoms. The van der Waals surface area contributed by atoms with Crippen molar-refractivity contribution in [3.05, 3.63) is 35.7 Å². The number of nitrogens with two attached hydrogens (primary N) is 1. The molecule has 94 valence electrons. The Hall–Kier alpha value is -1.93. The number of pyridine rings is 1. The molecule has 0 amide bonds. The Labute approximate surface area is 108 Å². The highest BCUT2D eigenvalue weighted by Crippen LogP contribution is 2.20. The van der Waals surface area contributed by atoms with Gasteiger partial charge in [0.1, 0.15) is 4.90 Å². The minimum Gasteiger partial charge on any atom is -0.368 e. The molecule has 0 aliphatic heterocycles. The molecule has 2 aromatic rings. The molecular weight excluding hydrogens is 278 g/mol. The third kappa shape index (κ3) is 2.66. The zero-order chi connectivity index (χ0) is 13.2. The lowest BCUT2D eigenvalue weighted by atomic mass is 10.5. The maximum Gasteiger partial charge on any atom is 0.266 e. The normalized spacial score (nSPS) is 11.2. The molecule has 0 aliphatic carbocycles. The van der Waals surface area contributed by atoms with E-state index >= 15 is 0 Å². The topological polar surface area (TPSA) is 111 Å². The van der Waals surface area contributed by atoms with Gasteiger partial charge in [0, 0.05) is 6.20 Å². The van der Waals surface area contributed by atoms with Crippen LogP contribution in [-0.2, 0) is 10.0 Å². The number of rotatable bonds is 3. The van der Waals surface area contributed by atoms with Crippen LogP contribution in [0.3, 0.4) is 0 Å². The van der Waals surface area contributed by atoms with Gasteiger partial charge in [0.2, 0.25) is 5.95 Å². The molecule has 0 fully saturated rings. The van der Waals surface area contributed by atoms with E-state index in [4.69, 9.17) is 17.3 Å². The summed E-state index contributed by atoms with van der Waals surface area (Å²) in [6, 6.07) is 3.11. The fourth-order valence-electron chi connectivity index (χ4n) is 1.11. The van der Waals surface area contributed by atoms with Crippen LogP contribution in [-0.4, -0.2) is 23.4 Å². The highest BCUT2D eigenvalue weighted by Gasteiger charge is 2.17. The van der Waals surface area contributed by atoms with Crippen molar-refractivity contribution in [2.24, 2.45) is 0 Å². The lowest BCUT2D eigenvalue weighted by molar-refractivity contribution is 0.600. The van der Waals surface area contributed by atoms with E-state index in [1.807, 2.05) is 0 Å². The van der Waals surface area contributed by atoms with Crippen LogP contribution in [0.2, 0.25) is 5.02 Å². The number of hydrogen-bond acceptors (Lipinski definition) is 6. The van der Waals surface area contributed by atoms with Crippen LogP contribution in [0.4, 0.5) is 11.8 Å². The maximum atomic E-state index is 11.9. The molecule has 2 rings (SSSR count). The van der Waals surface area contributed by atoms with Crippen LogP contribution in [0.5, 0.6) is 0 Å². The zero-order valence-electron chi connectivity index (χ0n) is 8.91. The van der Waals surface area contributed by atoms with Gasteiger partial charge in [-0.25, -0.2) is 23.4 Å². The van der Waals surface area contributed by atoms with E-state index < -0.39 is 10.0 Å². The predicted octanol–water partition coefficient (Wildman–Crippen LogP) is 0.908. The Bertz CT molecular complexity index is 659. The van der Waals surface area contributed by atoms with Crippen molar-refractivity contribution in [2.75, 3.05) is 10.5 Å². The Balaban J connectivity index is 2.33. The summed E-state index contributed by atoms with van der Waals surface area (Å²) >= 11 is 5.80. The highest BCUT2D eigenvalue weighted by molar-refractivity contribution is 7.92. The van der Waals surface area contributed by atoms with Crippen LogP contribution < -0.4 is 10.5 Å². The maximum absolute atomic E-state index is 11.9. The number of halogens is 1. The molecule has 3 N–H and O–H groups in total. The largest absolute Gasteiger partial charge is 0.368 e. The minimum atomic E-state index is -3.83. The van der Waals surface area contributed by atoms with Crippen molar-refractivity contribution in [3.8, 4) is 0 Å². The lowest BCUT2D eigenvalue weighted by Gasteiger charge is -2.07. The van der Waals surface area contributed by atoms with Crippen LogP contribution in [0, 0.1) is 0 Å². The average molecular weight is 286 g/mol. The Morgan fingerprint density at radius 3 is 2.50 bits per heavy atom. The SMILES string of the molecule is Nc1ncc(S(=O)(=O)Nc2ncccc2Cl)cn1. The van der Waals surface area contributed by atoms with E-state index in [1.54, 1.807) is 6.07 Å². The van der Waals surface area contributed by atoms with Gasteiger partial charge in [-0.1, -0.05) is 11.6 Å². The number of aromatic nitrogens is 3. The van der Waals surface area contributed by atoms with Gasteiger partial charge in [-0.3, -0.25) is 4.72 Å². The first kappa shape index (κ1) is 12.5. The van der Waals surface area contributed by atoms with Gasteiger partial charge in [-0.05, 0) is 12.1 Å². The summed E-state index contributed by atoms with van der Waals surface area (Å²) in [5.41, 5.74) is 5.28. The fraction of sp³-hybridized carbons (Fsp3) is 0. The number of sulfonamides is 1. The van der Waals surface area contributed by atoms with E-state index in [0.717, 1.165) is 12.4 Å². The standard InChI is InChI=1S/C9H8ClN5O2S/c10-7-2-1-3-12-8(7)15-18(16,17)6-4-13-9(11)14-5-6/h1-5H,(H,12,15)(H2,11,13,14). The number of anilines is 2. The molecular formula is C9H8ClN5O2S. The van der Waals surface area contributed by atoms with Gasteiger partial charge in [-0.15, -0.1) is 0 Å². The van der Waals surface area contributed by atoms with Crippen LogP contribution >= 0.6 is 11.6 Å². The smallest absolute Gasteiger partial charge is 0.266 e. The molecule has 0 radical (unpaired) electrons. The summed E-state index contributed by atoms with van der Waals surface area (Å²) in [4.78, 5) is 10.9. The lowest BCUT2D eigenvalue weighted by Crippen LogP contribution is -2.15. The van der Waals surface area contributed by atoms with Crippen LogP contribution in [0.1, 0.15) is 0 Å². The second-order valence-corrected chi connectivity index (χ2v) is 5.31. The van der Waals surface area contributed by atoms with Gasteiger partial charge in [0.25, 0.3) is 10.0 Å². The molecule has 0 saturated heterocycles. The number of nitrogen functional groups attached to an aromatic ring is 1. The molecule has 0 saturated carbocycles. The second kappa shape index (κ2) is 4.75. The highest BCUT2D eigenvalue weighted by atomic mass is 35.5. The van der Waals surface area contributed by atoms with E-state index in [0.29, 0.717) is 0 Å². The van der Waals surface area contributed by atoms with Crippen molar-refractivity contribution < 1.29 is 8.42 Å². The van der Waals surface area contributed by atoms with E-state index in [9.17, 15) is 8.42 Å². The molecule has 0 aliphatic rings. The molecule has 0 bridgehead atoms.